The molecule has 1 aromatic carbocycles. The molecule has 0 radical (unpaired) electrons. The van der Waals surface area contributed by atoms with E-state index in [0.717, 1.165) is 18.2 Å². The molecule has 1 amide bonds. The van der Waals surface area contributed by atoms with Gasteiger partial charge in [-0.05, 0) is 18.2 Å². The second-order valence-electron chi connectivity index (χ2n) is 3.29. The molecule has 3 N–H and O–H groups in total. The highest BCUT2D eigenvalue weighted by molar-refractivity contribution is 5.98. The van der Waals surface area contributed by atoms with Crippen LogP contribution in [-0.2, 0) is 6.18 Å². The number of alkyl halides is 3. The van der Waals surface area contributed by atoms with E-state index >= 15 is 0 Å². The van der Waals surface area contributed by atoms with Crippen LogP contribution in [0.3, 0.4) is 0 Å². The van der Waals surface area contributed by atoms with Gasteiger partial charge < -0.3 is 11.1 Å². The fourth-order valence-electron chi connectivity index (χ4n) is 1.26. The number of hydrogen-bond donors (Lipinski definition) is 2. The smallest absolute Gasteiger partial charge is 0.381 e. The van der Waals surface area contributed by atoms with Crippen molar-refractivity contribution in [2.75, 3.05) is 11.9 Å². The monoisotopic (exact) mass is 244 g/mol. The third-order valence-corrected chi connectivity index (χ3v) is 2.05. The lowest BCUT2D eigenvalue weighted by Gasteiger charge is -2.12. The molecule has 0 heterocycles. The molecule has 17 heavy (non-hydrogen) atoms. The fourth-order valence-corrected chi connectivity index (χ4v) is 1.26. The Morgan fingerprint density at radius 1 is 1.47 bits per heavy atom. The van der Waals surface area contributed by atoms with Crippen LogP contribution < -0.4 is 11.1 Å². The van der Waals surface area contributed by atoms with Crippen LogP contribution in [-0.4, -0.2) is 12.5 Å². The van der Waals surface area contributed by atoms with Gasteiger partial charge in [0.15, 0.2) is 0 Å². The van der Waals surface area contributed by atoms with Gasteiger partial charge in [-0.1, -0.05) is 6.08 Å². The average Bonchev–Trinajstić information content (AvgIpc) is 2.24. The highest BCUT2D eigenvalue weighted by atomic mass is 19.4. The van der Waals surface area contributed by atoms with E-state index < -0.39 is 17.6 Å². The molecule has 0 spiro atoms. The number of benzene rings is 1. The van der Waals surface area contributed by atoms with Crippen molar-refractivity contribution in [3.05, 3.63) is 42.0 Å². The largest absolute Gasteiger partial charge is 0.416 e. The molecule has 0 aliphatic carbocycles. The predicted molar refractivity (Wildman–Crippen MR) is 58.6 cm³/mol. The van der Waals surface area contributed by atoms with Crippen LogP contribution >= 0.6 is 0 Å². The zero-order valence-corrected chi connectivity index (χ0v) is 8.84. The van der Waals surface area contributed by atoms with E-state index in [-0.39, 0.29) is 17.8 Å². The number of rotatable bonds is 4. The second kappa shape index (κ2) is 4.90. The zero-order valence-electron chi connectivity index (χ0n) is 8.84. The Bertz CT molecular complexity index is 441. The molecule has 3 nitrogen and oxygen atoms in total. The normalized spacial score (nSPS) is 11.0. The average molecular weight is 244 g/mol. The molecule has 1 rings (SSSR count). The van der Waals surface area contributed by atoms with Gasteiger partial charge in [-0.2, -0.15) is 13.2 Å². The first-order valence-electron chi connectivity index (χ1n) is 4.72. The number of hydrogen-bond acceptors (Lipinski definition) is 2. The fraction of sp³-hybridized carbons (Fsp3) is 0.182. The molecule has 92 valence electrons. The van der Waals surface area contributed by atoms with Gasteiger partial charge >= 0.3 is 6.18 Å². The first kappa shape index (κ1) is 13.1. The third-order valence-electron chi connectivity index (χ3n) is 2.05. The Kier molecular flexibility index (Phi) is 3.77. The quantitative estimate of drug-likeness (QED) is 0.799. The van der Waals surface area contributed by atoms with Crippen molar-refractivity contribution >= 4 is 11.6 Å². The van der Waals surface area contributed by atoms with E-state index in [9.17, 15) is 18.0 Å². The van der Waals surface area contributed by atoms with Gasteiger partial charge in [-0.3, -0.25) is 4.79 Å². The Labute approximate surface area is 96.1 Å². The minimum Gasteiger partial charge on any atom is -0.381 e. The number of nitrogens with two attached hydrogens (primary N) is 1. The summed E-state index contributed by atoms with van der Waals surface area (Å²) < 4.78 is 37.4. The summed E-state index contributed by atoms with van der Waals surface area (Å²) in [6.07, 6.45) is -2.99. The zero-order chi connectivity index (χ0) is 13.1. The van der Waals surface area contributed by atoms with Crippen LogP contribution in [0.25, 0.3) is 0 Å². The highest BCUT2D eigenvalue weighted by Gasteiger charge is 2.31. The molecule has 0 saturated carbocycles. The molecule has 0 atom stereocenters. The Morgan fingerprint density at radius 2 is 2.12 bits per heavy atom. The van der Waals surface area contributed by atoms with E-state index in [1.54, 1.807) is 0 Å². The van der Waals surface area contributed by atoms with Crippen LogP contribution in [0.2, 0.25) is 0 Å². The molecule has 0 bridgehead atoms. The van der Waals surface area contributed by atoms with Crippen LogP contribution in [0.15, 0.2) is 30.9 Å². The number of carbonyl (C=O) groups is 1. The van der Waals surface area contributed by atoms with Crippen molar-refractivity contribution in [2.24, 2.45) is 5.73 Å². The lowest BCUT2D eigenvalue weighted by atomic mass is 10.1. The summed E-state index contributed by atoms with van der Waals surface area (Å²) in [5, 5.41) is 2.64. The van der Waals surface area contributed by atoms with Crippen molar-refractivity contribution in [1.29, 1.82) is 0 Å². The lowest BCUT2D eigenvalue weighted by molar-refractivity contribution is -0.137. The van der Waals surface area contributed by atoms with Gasteiger partial charge in [0.1, 0.15) is 0 Å². The number of nitrogens with one attached hydrogen (secondary N) is 1. The molecule has 0 saturated heterocycles. The number of amides is 1. The van der Waals surface area contributed by atoms with Crippen molar-refractivity contribution in [3.63, 3.8) is 0 Å². The summed E-state index contributed by atoms with van der Waals surface area (Å²) in [4.78, 5) is 11.0. The minimum absolute atomic E-state index is 0.0138. The van der Waals surface area contributed by atoms with Crippen LogP contribution in [0, 0.1) is 0 Å². The summed E-state index contributed by atoms with van der Waals surface area (Å²) in [6, 6.07) is 2.72. The standard InChI is InChI=1S/C11H11F3N2O/c1-2-5-16-9-6-7(11(12,13)14)3-4-8(9)10(15)17/h2-4,6,16H,1,5H2,(H2,15,17). The molecule has 0 unspecified atom stereocenters. The van der Waals surface area contributed by atoms with E-state index in [1.165, 1.54) is 6.08 Å². The van der Waals surface area contributed by atoms with Crippen LogP contribution in [0.5, 0.6) is 0 Å². The van der Waals surface area contributed by atoms with Gasteiger partial charge in [0.25, 0.3) is 5.91 Å². The summed E-state index contributed by atoms with van der Waals surface area (Å²) in [7, 11) is 0. The molecular weight excluding hydrogens is 233 g/mol. The predicted octanol–water partition coefficient (Wildman–Crippen LogP) is 2.40. The maximum Gasteiger partial charge on any atom is 0.416 e. The number of primary amides is 1. The third kappa shape index (κ3) is 3.24. The summed E-state index contributed by atoms with van der Waals surface area (Å²) in [5.74, 6) is -0.787. The Balaban J connectivity index is 3.19. The summed E-state index contributed by atoms with van der Waals surface area (Å²) in [5.41, 5.74) is 4.28. The highest BCUT2D eigenvalue weighted by Crippen LogP contribution is 2.32. The number of anilines is 1. The SMILES string of the molecule is C=CCNc1cc(C(F)(F)F)ccc1C(N)=O. The summed E-state index contributed by atoms with van der Waals surface area (Å²) in [6.45, 7) is 3.66. The molecule has 0 aromatic heterocycles. The van der Waals surface area contributed by atoms with Crippen molar-refractivity contribution in [1.82, 2.24) is 0 Å². The molecule has 6 heteroatoms. The molecule has 0 aliphatic heterocycles. The first-order chi connectivity index (χ1) is 7.86. The van der Waals surface area contributed by atoms with E-state index in [4.69, 9.17) is 5.73 Å². The molecule has 0 aliphatic rings. The Hall–Kier alpha value is -1.98. The van der Waals surface area contributed by atoms with Gasteiger partial charge in [0, 0.05) is 12.2 Å². The van der Waals surface area contributed by atoms with Gasteiger partial charge in [-0.25, -0.2) is 0 Å². The molecular formula is C11H11F3N2O. The van der Waals surface area contributed by atoms with Crippen LogP contribution in [0.4, 0.5) is 18.9 Å². The maximum atomic E-state index is 12.5. The van der Waals surface area contributed by atoms with E-state index in [2.05, 4.69) is 11.9 Å². The molecule has 0 fully saturated rings. The van der Waals surface area contributed by atoms with Crippen molar-refractivity contribution < 1.29 is 18.0 Å². The van der Waals surface area contributed by atoms with E-state index in [0.29, 0.717) is 0 Å². The van der Waals surface area contributed by atoms with Crippen molar-refractivity contribution in [3.8, 4) is 0 Å². The van der Waals surface area contributed by atoms with Gasteiger partial charge in [0.05, 0.1) is 11.1 Å². The maximum absolute atomic E-state index is 12.5. The first-order valence-corrected chi connectivity index (χ1v) is 4.72. The lowest BCUT2D eigenvalue weighted by Crippen LogP contribution is -2.16. The minimum atomic E-state index is -4.46. The summed E-state index contributed by atoms with van der Waals surface area (Å²) >= 11 is 0. The van der Waals surface area contributed by atoms with E-state index in [1.807, 2.05) is 0 Å². The number of carbonyl (C=O) groups excluding carboxylic acids is 1. The van der Waals surface area contributed by atoms with Gasteiger partial charge in [0.2, 0.25) is 0 Å². The second-order valence-corrected chi connectivity index (χ2v) is 3.29. The van der Waals surface area contributed by atoms with Crippen molar-refractivity contribution in [2.45, 2.75) is 6.18 Å². The Morgan fingerprint density at radius 3 is 2.59 bits per heavy atom. The van der Waals surface area contributed by atoms with Gasteiger partial charge in [-0.15, -0.1) is 6.58 Å². The number of halogens is 3. The topological polar surface area (TPSA) is 55.1 Å². The molecule has 1 aromatic rings. The van der Waals surface area contributed by atoms with Crippen LogP contribution in [0.1, 0.15) is 15.9 Å².